The number of rotatable bonds is 10. The number of aryl methyl sites for hydroxylation is 1. The summed E-state index contributed by atoms with van der Waals surface area (Å²) in [6.07, 6.45) is 0.666. The van der Waals surface area contributed by atoms with E-state index in [0.717, 1.165) is 5.75 Å². The number of amides is 1. The van der Waals surface area contributed by atoms with Crippen molar-refractivity contribution in [3.8, 4) is 11.5 Å². The number of nitro benzene ring substituents is 1. The molecule has 0 aliphatic rings. The van der Waals surface area contributed by atoms with Crippen LogP contribution in [-0.2, 0) is 11.3 Å². The quantitative estimate of drug-likeness (QED) is 0.359. The molecule has 2 aromatic carbocycles. The van der Waals surface area contributed by atoms with E-state index in [0.29, 0.717) is 30.8 Å². The molecule has 0 N–H and O–H groups in total. The smallest absolute Gasteiger partial charge is 0.419 e. The van der Waals surface area contributed by atoms with Gasteiger partial charge in [0.2, 0.25) is 5.91 Å². The Morgan fingerprint density at radius 3 is 2.58 bits per heavy atom. The Morgan fingerprint density at radius 2 is 1.90 bits per heavy atom. The highest BCUT2D eigenvalue weighted by Crippen LogP contribution is 2.20. The number of carbonyl (C=O) groups excluding carboxylic acids is 1. The van der Waals surface area contributed by atoms with Gasteiger partial charge in [0.1, 0.15) is 18.1 Å². The molecule has 0 saturated carbocycles. The minimum absolute atomic E-state index is 0.0742. The highest BCUT2D eigenvalue weighted by Gasteiger charge is 2.15. The van der Waals surface area contributed by atoms with E-state index < -0.39 is 10.7 Å². The lowest BCUT2D eigenvalue weighted by Gasteiger charge is -2.17. The number of oxazole rings is 1. The Morgan fingerprint density at radius 1 is 1.19 bits per heavy atom. The van der Waals surface area contributed by atoms with Crippen molar-refractivity contribution in [1.29, 1.82) is 0 Å². The normalized spacial score (nSPS) is 10.8. The third-order valence-electron chi connectivity index (χ3n) is 4.82. The van der Waals surface area contributed by atoms with E-state index in [9.17, 15) is 19.7 Å². The van der Waals surface area contributed by atoms with Crippen molar-refractivity contribution in [2.75, 3.05) is 27.3 Å². The van der Waals surface area contributed by atoms with Crippen LogP contribution in [0.1, 0.15) is 12.8 Å². The summed E-state index contributed by atoms with van der Waals surface area (Å²) < 4.78 is 17.2. The fraction of sp³-hybridized carbons (Fsp3) is 0.333. The maximum atomic E-state index is 12.3. The molecule has 0 saturated heterocycles. The van der Waals surface area contributed by atoms with Gasteiger partial charge in [-0.2, -0.15) is 0 Å². The number of ether oxygens (including phenoxy) is 2. The van der Waals surface area contributed by atoms with Gasteiger partial charge in [-0.1, -0.05) is 0 Å². The van der Waals surface area contributed by atoms with Crippen molar-refractivity contribution in [3.05, 3.63) is 63.1 Å². The first-order valence-corrected chi connectivity index (χ1v) is 9.67. The average Bonchev–Trinajstić information content (AvgIpc) is 3.08. The second-order valence-corrected chi connectivity index (χ2v) is 6.87. The largest absolute Gasteiger partial charge is 0.497 e. The van der Waals surface area contributed by atoms with Crippen molar-refractivity contribution in [2.24, 2.45) is 0 Å². The van der Waals surface area contributed by atoms with Crippen LogP contribution in [0.3, 0.4) is 0 Å². The summed E-state index contributed by atoms with van der Waals surface area (Å²) in [4.78, 5) is 36.3. The van der Waals surface area contributed by atoms with Crippen LogP contribution in [0, 0.1) is 10.1 Å². The third-order valence-corrected chi connectivity index (χ3v) is 4.82. The van der Waals surface area contributed by atoms with Crippen LogP contribution in [0.5, 0.6) is 11.5 Å². The first-order valence-electron chi connectivity index (χ1n) is 9.67. The molecule has 0 bridgehead atoms. The van der Waals surface area contributed by atoms with Crippen LogP contribution in [0.25, 0.3) is 11.1 Å². The molecule has 0 unspecified atom stereocenters. The number of likely N-dealkylation sites (N-methyl/N-ethyl adjacent to an activating group) is 1. The van der Waals surface area contributed by atoms with Crippen molar-refractivity contribution >= 4 is 22.7 Å². The van der Waals surface area contributed by atoms with Crippen molar-refractivity contribution in [2.45, 2.75) is 19.4 Å². The van der Waals surface area contributed by atoms with Gasteiger partial charge in [-0.05, 0) is 36.8 Å². The first kappa shape index (κ1) is 21.9. The number of fused-ring (bicyclic) bond motifs is 1. The molecule has 1 heterocycles. The van der Waals surface area contributed by atoms with E-state index in [1.54, 1.807) is 43.3 Å². The number of carbonyl (C=O) groups is 1. The first-order chi connectivity index (χ1) is 14.9. The zero-order valence-electron chi connectivity index (χ0n) is 17.3. The fourth-order valence-corrected chi connectivity index (χ4v) is 3.06. The van der Waals surface area contributed by atoms with Gasteiger partial charge in [0.05, 0.1) is 30.2 Å². The van der Waals surface area contributed by atoms with Crippen LogP contribution in [0.4, 0.5) is 5.69 Å². The summed E-state index contributed by atoms with van der Waals surface area (Å²) in [7, 11) is 3.28. The number of methoxy groups -OCH3 is 1. The number of non-ortho nitro benzene ring substituents is 1. The van der Waals surface area contributed by atoms with Gasteiger partial charge in [-0.3, -0.25) is 19.5 Å². The molecule has 1 amide bonds. The maximum absolute atomic E-state index is 12.3. The van der Waals surface area contributed by atoms with E-state index in [1.165, 1.54) is 22.8 Å². The monoisotopic (exact) mass is 429 g/mol. The fourth-order valence-electron chi connectivity index (χ4n) is 3.06. The summed E-state index contributed by atoms with van der Waals surface area (Å²) in [5, 5.41) is 10.9. The molecule has 0 fully saturated rings. The third kappa shape index (κ3) is 5.41. The number of hydrogen-bond donors (Lipinski definition) is 0. The number of benzene rings is 2. The van der Waals surface area contributed by atoms with E-state index in [1.807, 2.05) is 0 Å². The minimum atomic E-state index is -0.607. The highest BCUT2D eigenvalue weighted by atomic mass is 16.6. The van der Waals surface area contributed by atoms with Gasteiger partial charge in [-0.15, -0.1) is 0 Å². The van der Waals surface area contributed by atoms with E-state index in [4.69, 9.17) is 13.9 Å². The summed E-state index contributed by atoms with van der Waals surface area (Å²) in [6, 6.07) is 11.2. The van der Waals surface area contributed by atoms with Crippen LogP contribution in [0.2, 0.25) is 0 Å². The van der Waals surface area contributed by atoms with Gasteiger partial charge in [0.25, 0.3) is 5.69 Å². The van der Waals surface area contributed by atoms with Gasteiger partial charge in [0, 0.05) is 26.1 Å². The predicted octanol–water partition coefficient (Wildman–Crippen LogP) is 2.83. The van der Waals surface area contributed by atoms with Crippen molar-refractivity contribution in [1.82, 2.24) is 9.47 Å². The van der Waals surface area contributed by atoms with E-state index in [2.05, 4.69) is 0 Å². The Balaban J connectivity index is 1.47. The summed E-state index contributed by atoms with van der Waals surface area (Å²) in [5.41, 5.74) is 0.463. The molecule has 10 heteroatoms. The molecule has 0 spiro atoms. The zero-order chi connectivity index (χ0) is 22.4. The van der Waals surface area contributed by atoms with Crippen LogP contribution in [0.15, 0.2) is 51.7 Å². The Hall–Kier alpha value is -3.82. The van der Waals surface area contributed by atoms with Gasteiger partial charge < -0.3 is 18.8 Å². The number of nitrogens with zero attached hydrogens (tertiary/aromatic N) is 3. The molecule has 164 valence electrons. The average molecular weight is 429 g/mol. The van der Waals surface area contributed by atoms with Gasteiger partial charge >= 0.3 is 5.76 Å². The number of aromatic nitrogens is 1. The molecule has 31 heavy (non-hydrogen) atoms. The Kier molecular flexibility index (Phi) is 6.91. The molecule has 1 aromatic heterocycles. The maximum Gasteiger partial charge on any atom is 0.419 e. The van der Waals surface area contributed by atoms with Gasteiger partial charge in [-0.25, -0.2) is 4.79 Å². The number of nitro groups is 1. The summed E-state index contributed by atoms with van der Waals surface area (Å²) >= 11 is 0. The molecule has 0 aliphatic heterocycles. The minimum Gasteiger partial charge on any atom is -0.497 e. The lowest BCUT2D eigenvalue weighted by molar-refractivity contribution is -0.384. The summed E-state index contributed by atoms with van der Waals surface area (Å²) in [5.74, 6) is 0.745. The Bertz CT molecular complexity index is 1120. The molecule has 3 aromatic rings. The molecule has 0 aliphatic carbocycles. The molecule has 10 nitrogen and oxygen atoms in total. The van der Waals surface area contributed by atoms with E-state index in [-0.39, 0.29) is 30.1 Å². The number of hydrogen-bond acceptors (Lipinski definition) is 7. The standard InChI is InChI=1S/C21H23N3O7/c1-22(12-13-30-17-8-6-16(29-2)7-9-17)20(25)4-3-11-23-18-10-5-15(24(27)28)14-19(18)31-21(23)26/h5-10,14H,3-4,11-13H2,1-2H3. The molecule has 0 radical (unpaired) electrons. The van der Waals surface area contributed by atoms with Crippen LogP contribution < -0.4 is 15.2 Å². The second kappa shape index (κ2) is 9.79. The van der Waals surface area contributed by atoms with E-state index >= 15 is 0 Å². The molecular weight excluding hydrogens is 406 g/mol. The SMILES string of the molecule is COc1ccc(OCCN(C)C(=O)CCCn2c(=O)oc3cc([N+](=O)[O-])ccc32)cc1. The molecule has 3 rings (SSSR count). The lowest BCUT2D eigenvalue weighted by atomic mass is 10.2. The Labute approximate surface area is 177 Å². The predicted molar refractivity (Wildman–Crippen MR) is 112 cm³/mol. The molecular formula is C21H23N3O7. The van der Waals surface area contributed by atoms with Crippen LogP contribution in [-0.4, -0.2) is 47.6 Å². The van der Waals surface area contributed by atoms with Gasteiger partial charge in [0.15, 0.2) is 5.58 Å². The van der Waals surface area contributed by atoms with Crippen LogP contribution >= 0.6 is 0 Å². The lowest BCUT2D eigenvalue weighted by Crippen LogP contribution is -2.31. The summed E-state index contributed by atoms with van der Waals surface area (Å²) in [6.45, 7) is 1.04. The molecule has 0 atom stereocenters. The van der Waals surface area contributed by atoms with Crippen molar-refractivity contribution < 1.29 is 23.6 Å². The highest BCUT2D eigenvalue weighted by molar-refractivity contribution is 5.76. The second-order valence-electron chi connectivity index (χ2n) is 6.87. The zero-order valence-corrected chi connectivity index (χ0v) is 17.3. The van der Waals surface area contributed by atoms with Crippen molar-refractivity contribution in [3.63, 3.8) is 0 Å². The topological polar surface area (TPSA) is 117 Å².